The lowest BCUT2D eigenvalue weighted by Gasteiger charge is -2.38. The quantitative estimate of drug-likeness (QED) is 0.775. The zero-order chi connectivity index (χ0) is 19.3. The largest absolute Gasteiger partial charge is 0.497 e. The molecule has 0 spiro atoms. The lowest BCUT2D eigenvalue weighted by molar-refractivity contribution is -0.157. The first-order valence-electron chi connectivity index (χ1n) is 8.95. The number of carbonyl (C=O) groups is 1. The Bertz CT molecular complexity index is 787. The Morgan fingerprint density at radius 1 is 1.33 bits per heavy atom. The van der Waals surface area contributed by atoms with Crippen molar-refractivity contribution in [1.29, 1.82) is 0 Å². The molecule has 27 heavy (non-hydrogen) atoms. The zero-order valence-corrected chi connectivity index (χ0v) is 15.3. The Balaban J connectivity index is 1.64. The average molecular weight is 373 g/mol. The molecule has 1 aliphatic heterocycles. The van der Waals surface area contributed by atoms with E-state index in [1.165, 1.54) is 24.1 Å². The standard InChI is InChI=1S/C20H24FN3O3/c1-27-17-3-4-18(21)16(11-17)13-24-10-2-7-20(26,19(24)25)14-23-12-15-5-8-22-9-6-15/h3-6,8-9,11,23,26H,2,7,10,12-14H2,1H3/t20-/m1/s1. The van der Waals surface area contributed by atoms with Crippen LogP contribution in [0.5, 0.6) is 5.75 Å². The van der Waals surface area contributed by atoms with Gasteiger partial charge in [-0.1, -0.05) is 0 Å². The number of hydrogen-bond donors (Lipinski definition) is 2. The molecule has 0 aliphatic carbocycles. The van der Waals surface area contributed by atoms with E-state index in [1.54, 1.807) is 18.5 Å². The summed E-state index contributed by atoms with van der Waals surface area (Å²) in [5.41, 5.74) is -0.0930. The van der Waals surface area contributed by atoms with E-state index >= 15 is 0 Å². The van der Waals surface area contributed by atoms with Crippen molar-refractivity contribution in [3.8, 4) is 5.75 Å². The summed E-state index contributed by atoms with van der Waals surface area (Å²) < 4.78 is 19.2. The van der Waals surface area contributed by atoms with Gasteiger partial charge < -0.3 is 20.1 Å². The molecule has 144 valence electrons. The molecule has 1 aromatic carbocycles. The summed E-state index contributed by atoms with van der Waals surface area (Å²) in [4.78, 5) is 18.3. The molecule has 1 aliphatic rings. The summed E-state index contributed by atoms with van der Waals surface area (Å²) in [7, 11) is 1.51. The van der Waals surface area contributed by atoms with Crippen LogP contribution in [0.25, 0.3) is 0 Å². The van der Waals surface area contributed by atoms with Gasteiger partial charge >= 0.3 is 0 Å². The number of hydrogen-bond acceptors (Lipinski definition) is 5. The van der Waals surface area contributed by atoms with Crippen LogP contribution in [0.15, 0.2) is 42.7 Å². The van der Waals surface area contributed by atoms with Crippen molar-refractivity contribution >= 4 is 5.91 Å². The summed E-state index contributed by atoms with van der Waals surface area (Å²) in [5, 5.41) is 14.0. The fraction of sp³-hybridized carbons (Fsp3) is 0.400. The minimum absolute atomic E-state index is 0.106. The van der Waals surface area contributed by atoms with E-state index in [2.05, 4.69) is 10.3 Å². The lowest BCUT2D eigenvalue weighted by Crippen LogP contribution is -2.57. The fourth-order valence-electron chi connectivity index (χ4n) is 3.30. The molecule has 0 saturated carbocycles. The second-order valence-corrected chi connectivity index (χ2v) is 6.78. The van der Waals surface area contributed by atoms with Gasteiger partial charge in [-0.15, -0.1) is 0 Å². The summed E-state index contributed by atoms with van der Waals surface area (Å²) in [6.07, 6.45) is 4.43. The van der Waals surface area contributed by atoms with Crippen molar-refractivity contribution in [3.05, 3.63) is 59.7 Å². The number of carbonyl (C=O) groups excluding carboxylic acids is 1. The van der Waals surface area contributed by atoms with E-state index in [4.69, 9.17) is 4.74 Å². The number of aliphatic hydroxyl groups is 1. The lowest BCUT2D eigenvalue weighted by atomic mass is 9.91. The zero-order valence-electron chi connectivity index (χ0n) is 15.3. The van der Waals surface area contributed by atoms with Crippen molar-refractivity contribution in [2.24, 2.45) is 0 Å². The highest BCUT2D eigenvalue weighted by Gasteiger charge is 2.41. The highest BCUT2D eigenvalue weighted by atomic mass is 19.1. The van der Waals surface area contributed by atoms with Crippen LogP contribution < -0.4 is 10.1 Å². The predicted molar refractivity (Wildman–Crippen MR) is 98.5 cm³/mol. The number of nitrogens with one attached hydrogen (secondary N) is 1. The van der Waals surface area contributed by atoms with Crippen molar-refractivity contribution in [2.75, 3.05) is 20.2 Å². The number of piperidine rings is 1. The van der Waals surface area contributed by atoms with Gasteiger partial charge in [0.15, 0.2) is 5.60 Å². The van der Waals surface area contributed by atoms with E-state index in [0.717, 1.165) is 5.56 Å². The normalized spacial score (nSPS) is 20.0. The molecule has 6 nitrogen and oxygen atoms in total. The molecule has 2 heterocycles. The van der Waals surface area contributed by atoms with Crippen LogP contribution in [0.2, 0.25) is 0 Å². The van der Waals surface area contributed by atoms with Crippen molar-refractivity contribution in [2.45, 2.75) is 31.5 Å². The van der Waals surface area contributed by atoms with E-state index in [0.29, 0.717) is 37.2 Å². The summed E-state index contributed by atoms with van der Waals surface area (Å²) in [6, 6.07) is 8.19. The maximum atomic E-state index is 14.1. The van der Waals surface area contributed by atoms with Gasteiger partial charge in [-0.3, -0.25) is 9.78 Å². The molecule has 2 aromatic rings. The molecular weight excluding hydrogens is 349 g/mol. The summed E-state index contributed by atoms with van der Waals surface area (Å²) in [6.45, 7) is 1.27. The number of ether oxygens (including phenoxy) is 1. The third-order valence-electron chi connectivity index (χ3n) is 4.81. The van der Waals surface area contributed by atoms with E-state index in [-0.39, 0.29) is 19.0 Å². The van der Waals surface area contributed by atoms with E-state index in [1.807, 2.05) is 12.1 Å². The van der Waals surface area contributed by atoms with Gasteiger partial charge in [0.1, 0.15) is 11.6 Å². The number of methoxy groups -OCH3 is 1. The van der Waals surface area contributed by atoms with Gasteiger partial charge in [0.25, 0.3) is 5.91 Å². The second kappa shape index (κ2) is 8.45. The molecule has 7 heteroatoms. The maximum Gasteiger partial charge on any atom is 0.256 e. The van der Waals surface area contributed by atoms with Crippen molar-refractivity contribution in [3.63, 3.8) is 0 Å². The van der Waals surface area contributed by atoms with E-state index < -0.39 is 11.4 Å². The Hall–Kier alpha value is -2.51. The highest BCUT2D eigenvalue weighted by Crippen LogP contribution is 2.25. The molecule has 1 atom stereocenters. The number of amides is 1. The summed E-state index contributed by atoms with van der Waals surface area (Å²) in [5.74, 6) is -0.239. The second-order valence-electron chi connectivity index (χ2n) is 6.78. The van der Waals surface area contributed by atoms with Crippen LogP contribution in [0, 0.1) is 5.82 Å². The maximum absolute atomic E-state index is 14.1. The molecule has 0 unspecified atom stereocenters. The SMILES string of the molecule is COc1ccc(F)c(CN2CCC[C@@](O)(CNCc3ccncc3)C2=O)c1. The molecular formula is C20H24FN3O3. The first kappa shape index (κ1) is 19.3. The highest BCUT2D eigenvalue weighted by molar-refractivity contribution is 5.86. The van der Waals surface area contributed by atoms with Gasteiger partial charge in [0.05, 0.1) is 7.11 Å². The van der Waals surface area contributed by atoms with E-state index in [9.17, 15) is 14.3 Å². The van der Waals surface area contributed by atoms with Gasteiger partial charge in [0.2, 0.25) is 0 Å². The minimum Gasteiger partial charge on any atom is -0.497 e. The van der Waals surface area contributed by atoms with Crippen LogP contribution in [0.4, 0.5) is 4.39 Å². The van der Waals surface area contributed by atoms with Crippen LogP contribution in [-0.4, -0.2) is 46.7 Å². The minimum atomic E-state index is -1.49. The Morgan fingerprint density at radius 2 is 2.11 bits per heavy atom. The molecule has 1 amide bonds. The first-order valence-corrected chi connectivity index (χ1v) is 8.95. The number of pyridine rings is 1. The number of aromatic nitrogens is 1. The van der Waals surface area contributed by atoms with Crippen LogP contribution in [0.1, 0.15) is 24.0 Å². The molecule has 1 aromatic heterocycles. The molecule has 0 radical (unpaired) electrons. The Morgan fingerprint density at radius 3 is 2.85 bits per heavy atom. The number of benzene rings is 1. The van der Waals surface area contributed by atoms with Crippen molar-refractivity contribution < 1.29 is 19.0 Å². The Kier molecular flexibility index (Phi) is 6.03. The van der Waals surface area contributed by atoms with Gasteiger partial charge in [-0.05, 0) is 48.7 Å². The molecule has 1 fully saturated rings. The number of nitrogens with zero attached hydrogens (tertiary/aromatic N) is 2. The monoisotopic (exact) mass is 373 g/mol. The molecule has 3 rings (SSSR count). The van der Waals surface area contributed by atoms with Crippen LogP contribution >= 0.6 is 0 Å². The topological polar surface area (TPSA) is 74.7 Å². The number of rotatable bonds is 7. The van der Waals surface area contributed by atoms with Crippen molar-refractivity contribution in [1.82, 2.24) is 15.2 Å². The van der Waals surface area contributed by atoms with Crippen LogP contribution in [-0.2, 0) is 17.9 Å². The number of halogens is 1. The van der Waals surface area contributed by atoms with Gasteiger partial charge in [-0.2, -0.15) is 0 Å². The smallest absolute Gasteiger partial charge is 0.256 e. The molecule has 2 N–H and O–H groups in total. The third kappa shape index (κ3) is 4.61. The van der Waals surface area contributed by atoms with Crippen LogP contribution in [0.3, 0.4) is 0 Å². The first-order chi connectivity index (χ1) is 13.0. The van der Waals surface area contributed by atoms with Gasteiger partial charge in [0, 0.05) is 44.1 Å². The van der Waals surface area contributed by atoms with Gasteiger partial charge in [-0.25, -0.2) is 4.39 Å². The average Bonchev–Trinajstić information content (AvgIpc) is 2.68. The number of likely N-dealkylation sites (tertiary alicyclic amines) is 1. The Labute approximate surface area is 158 Å². The summed E-state index contributed by atoms with van der Waals surface area (Å²) >= 11 is 0. The molecule has 1 saturated heterocycles. The fourth-order valence-corrected chi connectivity index (χ4v) is 3.30. The third-order valence-corrected chi connectivity index (χ3v) is 4.81. The molecule has 0 bridgehead atoms. The predicted octanol–water partition coefficient (Wildman–Crippen LogP) is 1.87.